The Labute approximate surface area is 174 Å². The number of ether oxygens (including phenoxy) is 1. The zero-order chi connectivity index (χ0) is 20.2. The van der Waals surface area contributed by atoms with Gasteiger partial charge in [-0.15, -0.1) is 11.3 Å². The highest BCUT2D eigenvalue weighted by atomic mass is 32.1. The maximum absolute atomic E-state index is 13.6. The van der Waals surface area contributed by atoms with Crippen molar-refractivity contribution in [1.82, 2.24) is 14.5 Å². The summed E-state index contributed by atoms with van der Waals surface area (Å²) in [6.45, 7) is 3.49. The molecule has 0 radical (unpaired) electrons. The molecule has 0 aliphatic rings. The second-order valence-electron chi connectivity index (χ2n) is 6.82. The molecule has 148 valence electrons. The van der Waals surface area contributed by atoms with Crippen molar-refractivity contribution in [3.63, 3.8) is 0 Å². The molecule has 1 amide bonds. The number of hydrogen-bond donors (Lipinski definition) is 0. The first-order valence-corrected chi connectivity index (χ1v) is 10.5. The number of fused-ring (bicyclic) bond motifs is 1. The Balaban J connectivity index is 1.69. The van der Waals surface area contributed by atoms with E-state index in [1.165, 1.54) is 0 Å². The van der Waals surface area contributed by atoms with E-state index in [4.69, 9.17) is 4.74 Å². The maximum Gasteiger partial charge on any atom is 0.271 e. The lowest BCUT2D eigenvalue weighted by Crippen LogP contribution is -2.31. The molecule has 0 bridgehead atoms. The van der Waals surface area contributed by atoms with Gasteiger partial charge in [0.15, 0.2) is 0 Å². The summed E-state index contributed by atoms with van der Waals surface area (Å²) in [5, 5.41) is 2.05. The number of benzene rings is 1. The monoisotopic (exact) mass is 405 g/mol. The van der Waals surface area contributed by atoms with Crippen LogP contribution in [0.3, 0.4) is 0 Å². The Kier molecular flexibility index (Phi) is 5.62. The molecule has 5 nitrogen and oxygen atoms in total. The number of aryl methyl sites for hydroxylation is 1. The SMILES string of the molecule is CCOc1ccccc1CN(Cc1cccnc1)C(=O)c1cc2sccc2n1C. The number of rotatable bonds is 7. The summed E-state index contributed by atoms with van der Waals surface area (Å²) in [4.78, 5) is 19.6. The van der Waals surface area contributed by atoms with E-state index in [0.717, 1.165) is 27.1 Å². The van der Waals surface area contributed by atoms with Crippen molar-refractivity contribution >= 4 is 27.5 Å². The normalized spacial score (nSPS) is 11.0. The van der Waals surface area contributed by atoms with Crippen LogP contribution in [-0.4, -0.2) is 27.0 Å². The van der Waals surface area contributed by atoms with E-state index in [1.807, 2.05) is 77.3 Å². The standard InChI is InChI=1S/C23H23N3O2S/c1-3-28-21-9-5-4-8-18(21)16-26(15-17-7-6-11-24-14-17)23(27)20-13-22-19(25(20)2)10-12-29-22/h4-14H,3,15-16H2,1-2H3. The molecular weight excluding hydrogens is 382 g/mol. The average molecular weight is 406 g/mol. The van der Waals surface area contributed by atoms with E-state index in [0.29, 0.717) is 25.4 Å². The molecule has 0 unspecified atom stereocenters. The summed E-state index contributed by atoms with van der Waals surface area (Å²) in [7, 11) is 1.94. The summed E-state index contributed by atoms with van der Waals surface area (Å²) in [5.41, 5.74) is 3.74. The average Bonchev–Trinajstić information content (AvgIpc) is 3.32. The van der Waals surface area contributed by atoms with Crippen molar-refractivity contribution in [1.29, 1.82) is 0 Å². The van der Waals surface area contributed by atoms with Crippen molar-refractivity contribution in [2.75, 3.05) is 6.61 Å². The molecule has 1 aromatic carbocycles. The van der Waals surface area contributed by atoms with E-state index < -0.39 is 0 Å². The number of nitrogens with zero attached hydrogens (tertiary/aromatic N) is 3. The highest BCUT2D eigenvalue weighted by Gasteiger charge is 2.22. The van der Waals surface area contributed by atoms with E-state index in [1.54, 1.807) is 23.7 Å². The Hall–Kier alpha value is -3.12. The number of pyridine rings is 1. The first kappa shape index (κ1) is 19.2. The minimum atomic E-state index is -0.00828. The van der Waals surface area contributed by atoms with Gasteiger partial charge in [0.2, 0.25) is 0 Å². The Morgan fingerprint density at radius 2 is 2.03 bits per heavy atom. The van der Waals surface area contributed by atoms with E-state index >= 15 is 0 Å². The highest BCUT2D eigenvalue weighted by Crippen LogP contribution is 2.27. The van der Waals surface area contributed by atoms with Gasteiger partial charge in [0.25, 0.3) is 5.91 Å². The van der Waals surface area contributed by atoms with Gasteiger partial charge in [-0.25, -0.2) is 0 Å². The molecular formula is C23H23N3O2S. The topological polar surface area (TPSA) is 47.4 Å². The van der Waals surface area contributed by atoms with E-state index in [9.17, 15) is 4.79 Å². The Morgan fingerprint density at radius 1 is 1.17 bits per heavy atom. The summed E-state index contributed by atoms with van der Waals surface area (Å²) in [6, 6.07) is 15.8. The number of thiophene rings is 1. The largest absolute Gasteiger partial charge is 0.494 e. The predicted octanol–water partition coefficient (Wildman–Crippen LogP) is 4.88. The van der Waals surface area contributed by atoms with E-state index in [2.05, 4.69) is 4.98 Å². The van der Waals surface area contributed by atoms with Crippen LogP contribution in [0.25, 0.3) is 10.2 Å². The zero-order valence-electron chi connectivity index (χ0n) is 16.5. The summed E-state index contributed by atoms with van der Waals surface area (Å²) >= 11 is 1.65. The van der Waals surface area contributed by atoms with Gasteiger partial charge in [0, 0.05) is 31.5 Å². The molecule has 6 heteroatoms. The van der Waals surface area contributed by atoms with Crippen LogP contribution in [0.15, 0.2) is 66.3 Å². The van der Waals surface area contributed by atoms with Crippen molar-refractivity contribution in [2.45, 2.75) is 20.0 Å². The predicted molar refractivity (Wildman–Crippen MR) is 116 cm³/mol. The lowest BCUT2D eigenvalue weighted by atomic mass is 10.1. The first-order valence-electron chi connectivity index (χ1n) is 9.59. The van der Waals surface area contributed by atoms with Gasteiger partial charge in [0.05, 0.1) is 23.4 Å². The molecule has 29 heavy (non-hydrogen) atoms. The molecule has 3 heterocycles. The van der Waals surface area contributed by atoms with Crippen LogP contribution in [0.2, 0.25) is 0 Å². The molecule has 0 saturated carbocycles. The third-order valence-corrected chi connectivity index (χ3v) is 5.75. The molecule has 0 spiro atoms. The first-order chi connectivity index (χ1) is 14.2. The van der Waals surface area contributed by atoms with Crippen LogP contribution in [0.5, 0.6) is 5.75 Å². The Morgan fingerprint density at radius 3 is 2.79 bits per heavy atom. The second kappa shape index (κ2) is 8.49. The fourth-order valence-corrected chi connectivity index (χ4v) is 4.31. The van der Waals surface area contributed by atoms with Crippen LogP contribution < -0.4 is 4.74 Å². The summed E-state index contributed by atoms with van der Waals surface area (Å²) in [6.07, 6.45) is 3.55. The fourth-order valence-electron chi connectivity index (χ4n) is 3.47. The summed E-state index contributed by atoms with van der Waals surface area (Å²) < 4.78 is 8.87. The number of aromatic nitrogens is 2. The molecule has 0 fully saturated rings. The Bertz CT molecular complexity index is 1120. The minimum absolute atomic E-state index is 0.00828. The molecule has 0 N–H and O–H groups in total. The number of carbonyl (C=O) groups excluding carboxylic acids is 1. The molecule has 0 aliphatic carbocycles. The van der Waals surface area contributed by atoms with Crippen molar-refractivity contribution in [3.05, 3.63) is 83.1 Å². The molecule has 0 aliphatic heterocycles. The molecule has 0 atom stereocenters. The van der Waals surface area contributed by atoms with E-state index in [-0.39, 0.29) is 5.91 Å². The third-order valence-electron chi connectivity index (χ3n) is 4.90. The highest BCUT2D eigenvalue weighted by molar-refractivity contribution is 7.17. The van der Waals surface area contributed by atoms with Crippen molar-refractivity contribution in [2.24, 2.45) is 7.05 Å². The molecule has 0 saturated heterocycles. The van der Waals surface area contributed by atoms with Gasteiger partial charge in [-0.2, -0.15) is 0 Å². The van der Waals surface area contributed by atoms with Gasteiger partial charge < -0.3 is 14.2 Å². The lowest BCUT2D eigenvalue weighted by molar-refractivity contribution is 0.0719. The van der Waals surface area contributed by atoms with Gasteiger partial charge >= 0.3 is 0 Å². The number of carbonyl (C=O) groups is 1. The summed E-state index contributed by atoms with van der Waals surface area (Å²) in [5.74, 6) is 0.804. The minimum Gasteiger partial charge on any atom is -0.494 e. The van der Waals surface area contributed by atoms with Crippen molar-refractivity contribution in [3.8, 4) is 5.75 Å². The van der Waals surface area contributed by atoms with Gasteiger partial charge in [-0.3, -0.25) is 9.78 Å². The number of hydrogen-bond acceptors (Lipinski definition) is 4. The number of para-hydroxylation sites is 1. The van der Waals surface area contributed by atoms with Crippen LogP contribution in [0.4, 0.5) is 0 Å². The third kappa shape index (κ3) is 4.03. The smallest absolute Gasteiger partial charge is 0.271 e. The van der Waals surface area contributed by atoms with Crippen LogP contribution in [0, 0.1) is 0 Å². The van der Waals surface area contributed by atoms with Crippen LogP contribution in [-0.2, 0) is 20.1 Å². The molecule has 3 aromatic heterocycles. The van der Waals surface area contributed by atoms with Gasteiger partial charge in [0.1, 0.15) is 11.4 Å². The number of amides is 1. The lowest BCUT2D eigenvalue weighted by Gasteiger charge is -2.24. The van der Waals surface area contributed by atoms with Crippen LogP contribution >= 0.6 is 11.3 Å². The maximum atomic E-state index is 13.6. The second-order valence-corrected chi connectivity index (χ2v) is 7.77. The van der Waals surface area contributed by atoms with Gasteiger partial charge in [-0.1, -0.05) is 24.3 Å². The zero-order valence-corrected chi connectivity index (χ0v) is 17.4. The molecule has 4 rings (SSSR count). The fraction of sp³-hybridized carbons (Fsp3) is 0.217. The van der Waals surface area contributed by atoms with Crippen LogP contribution in [0.1, 0.15) is 28.5 Å². The molecule has 4 aromatic rings. The quantitative estimate of drug-likeness (QED) is 0.440. The van der Waals surface area contributed by atoms with Gasteiger partial charge in [-0.05, 0) is 42.1 Å². The van der Waals surface area contributed by atoms with Crippen molar-refractivity contribution < 1.29 is 9.53 Å².